The number of pyridine rings is 1. The van der Waals surface area contributed by atoms with Crippen LogP contribution in [0.3, 0.4) is 0 Å². The first-order valence-corrected chi connectivity index (χ1v) is 8.03. The Balaban J connectivity index is 1.77. The van der Waals surface area contributed by atoms with Crippen molar-refractivity contribution in [3.05, 3.63) is 77.1 Å². The van der Waals surface area contributed by atoms with Crippen molar-refractivity contribution in [2.75, 3.05) is 0 Å². The van der Waals surface area contributed by atoms with Crippen molar-refractivity contribution in [1.29, 1.82) is 0 Å². The maximum absolute atomic E-state index is 12.4. The predicted molar refractivity (Wildman–Crippen MR) is 95.8 cm³/mol. The molecule has 0 aliphatic heterocycles. The number of rotatable bonds is 5. The van der Waals surface area contributed by atoms with Crippen LogP contribution in [-0.2, 0) is 11.2 Å². The Kier molecular flexibility index (Phi) is 4.95. The third kappa shape index (κ3) is 4.14. The lowest BCUT2D eigenvalue weighted by Gasteiger charge is -2.15. The molecule has 2 aromatic carbocycles. The lowest BCUT2D eigenvalue weighted by molar-refractivity contribution is -0.139. The van der Waals surface area contributed by atoms with Gasteiger partial charge in [-0.3, -0.25) is 4.79 Å². The Hall–Kier alpha value is -2.92. The second-order valence-corrected chi connectivity index (χ2v) is 6.01. The highest BCUT2D eigenvalue weighted by molar-refractivity contribution is 6.29. The van der Waals surface area contributed by atoms with Crippen LogP contribution in [0.4, 0.5) is 0 Å². The van der Waals surface area contributed by atoms with Crippen LogP contribution in [0.1, 0.15) is 15.9 Å². The maximum Gasteiger partial charge on any atom is 0.326 e. The minimum absolute atomic E-state index is 0.124. The quantitative estimate of drug-likeness (QED) is 0.689. The molecule has 1 amide bonds. The molecular formula is C19H15ClN2O3. The van der Waals surface area contributed by atoms with Crippen LogP contribution in [0.15, 0.2) is 60.8 Å². The van der Waals surface area contributed by atoms with Crippen LogP contribution in [0.5, 0.6) is 0 Å². The summed E-state index contributed by atoms with van der Waals surface area (Å²) < 4.78 is 0. The molecule has 0 aliphatic rings. The van der Waals surface area contributed by atoms with Gasteiger partial charge < -0.3 is 10.4 Å². The number of benzene rings is 2. The van der Waals surface area contributed by atoms with Crippen LogP contribution in [-0.4, -0.2) is 28.0 Å². The minimum atomic E-state index is -1.11. The molecule has 0 saturated heterocycles. The molecule has 0 saturated carbocycles. The molecule has 1 atom stereocenters. The van der Waals surface area contributed by atoms with E-state index in [1.54, 1.807) is 24.3 Å². The first kappa shape index (κ1) is 16.9. The number of aromatic nitrogens is 1. The van der Waals surface area contributed by atoms with Gasteiger partial charge in [-0.1, -0.05) is 48.0 Å². The lowest BCUT2D eigenvalue weighted by atomic mass is 10.0. The molecule has 25 heavy (non-hydrogen) atoms. The number of amides is 1. The Morgan fingerprint density at radius 3 is 2.52 bits per heavy atom. The Morgan fingerprint density at radius 2 is 1.84 bits per heavy atom. The fourth-order valence-corrected chi connectivity index (χ4v) is 2.65. The maximum atomic E-state index is 12.4. The zero-order chi connectivity index (χ0) is 17.8. The molecular weight excluding hydrogens is 340 g/mol. The molecule has 0 aliphatic carbocycles. The topological polar surface area (TPSA) is 79.3 Å². The van der Waals surface area contributed by atoms with Crippen LogP contribution in [0.2, 0.25) is 5.15 Å². The highest BCUT2D eigenvalue weighted by Crippen LogP contribution is 2.16. The van der Waals surface area contributed by atoms with E-state index in [4.69, 9.17) is 11.6 Å². The third-order valence-corrected chi connectivity index (χ3v) is 4.07. The van der Waals surface area contributed by atoms with Gasteiger partial charge >= 0.3 is 5.97 Å². The SMILES string of the molecule is O=C(N[C@H](Cc1ccc(Cl)nc1)C(=O)O)c1ccc2ccccc2c1. The average molecular weight is 355 g/mol. The van der Waals surface area contributed by atoms with Gasteiger partial charge in [0.05, 0.1) is 0 Å². The number of nitrogens with zero attached hydrogens (tertiary/aromatic N) is 1. The standard InChI is InChI=1S/C19H15ClN2O3/c20-17-8-5-12(11-21-17)9-16(19(24)25)22-18(23)15-7-6-13-3-1-2-4-14(13)10-15/h1-8,10-11,16H,9H2,(H,22,23)(H,24,25)/t16-/m1/s1. The van der Waals surface area contributed by atoms with Gasteiger partial charge in [0.2, 0.25) is 0 Å². The fraction of sp³-hybridized carbons (Fsp3) is 0.105. The van der Waals surface area contributed by atoms with E-state index in [9.17, 15) is 14.7 Å². The van der Waals surface area contributed by atoms with E-state index in [0.29, 0.717) is 16.3 Å². The lowest BCUT2D eigenvalue weighted by Crippen LogP contribution is -2.42. The Morgan fingerprint density at radius 1 is 1.08 bits per heavy atom. The summed E-state index contributed by atoms with van der Waals surface area (Å²) in [5, 5.41) is 14.2. The third-order valence-electron chi connectivity index (χ3n) is 3.84. The number of aliphatic carboxylic acids is 1. The predicted octanol–water partition coefficient (Wildman–Crippen LogP) is 3.31. The summed E-state index contributed by atoms with van der Waals surface area (Å²) in [6.07, 6.45) is 1.62. The van der Waals surface area contributed by atoms with Crippen molar-refractivity contribution in [2.24, 2.45) is 0 Å². The number of hydrogen-bond acceptors (Lipinski definition) is 3. The summed E-state index contributed by atoms with van der Waals surface area (Å²) in [4.78, 5) is 27.8. The molecule has 1 aromatic heterocycles. The van der Waals surface area contributed by atoms with Gasteiger partial charge in [0.1, 0.15) is 11.2 Å². The van der Waals surface area contributed by atoms with Crippen molar-refractivity contribution in [1.82, 2.24) is 10.3 Å². The van der Waals surface area contributed by atoms with E-state index in [1.807, 2.05) is 30.3 Å². The largest absolute Gasteiger partial charge is 0.480 e. The van der Waals surface area contributed by atoms with Gasteiger partial charge in [0.25, 0.3) is 5.91 Å². The smallest absolute Gasteiger partial charge is 0.326 e. The van der Waals surface area contributed by atoms with Crippen LogP contribution in [0, 0.1) is 0 Å². The molecule has 6 heteroatoms. The summed E-state index contributed by atoms with van der Waals surface area (Å²) in [5.41, 5.74) is 1.09. The summed E-state index contributed by atoms with van der Waals surface area (Å²) >= 11 is 5.73. The summed E-state index contributed by atoms with van der Waals surface area (Å²) in [7, 11) is 0. The van der Waals surface area contributed by atoms with Gasteiger partial charge in [-0.15, -0.1) is 0 Å². The normalized spacial score (nSPS) is 11.9. The number of carbonyl (C=O) groups excluding carboxylic acids is 1. The molecule has 0 fully saturated rings. The van der Waals surface area contributed by atoms with E-state index in [1.165, 1.54) is 6.20 Å². The number of carboxylic acids is 1. The highest BCUT2D eigenvalue weighted by atomic mass is 35.5. The second-order valence-electron chi connectivity index (χ2n) is 5.62. The van der Waals surface area contributed by atoms with E-state index in [-0.39, 0.29) is 6.42 Å². The fourth-order valence-electron chi connectivity index (χ4n) is 2.54. The average Bonchev–Trinajstić information content (AvgIpc) is 2.62. The molecule has 1 heterocycles. The number of nitrogens with one attached hydrogen (secondary N) is 1. The number of carboxylic acid groups (broad SMARTS) is 1. The molecule has 2 N–H and O–H groups in total. The molecule has 5 nitrogen and oxygen atoms in total. The monoisotopic (exact) mass is 354 g/mol. The highest BCUT2D eigenvalue weighted by Gasteiger charge is 2.21. The first-order valence-electron chi connectivity index (χ1n) is 7.66. The van der Waals surface area contributed by atoms with Gasteiger partial charge in [-0.05, 0) is 34.5 Å². The van der Waals surface area contributed by atoms with Crippen molar-refractivity contribution >= 4 is 34.2 Å². The van der Waals surface area contributed by atoms with Crippen molar-refractivity contribution in [3.63, 3.8) is 0 Å². The molecule has 0 unspecified atom stereocenters. The number of halogens is 1. The zero-order valence-electron chi connectivity index (χ0n) is 13.1. The summed E-state index contributed by atoms with van der Waals surface area (Å²) in [6, 6.07) is 15.1. The second kappa shape index (κ2) is 7.32. The summed E-state index contributed by atoms with van der Waals surface area (Å²) in [6.45, 7) is 0. The number of hydrogen-bond donors (Lipinski definition) is 2. The van der Waals surface area contributed by atoms with Crippen LogP contribution >= 0.6 is 11.6 Å². The molecule has 126 valence electrons. The Labute approximate surface area is 149 Å². The minimum Gasteiger partial charge on any atom is -0.480 e. The van der Waals surface area contributed by atoms with E-state index in [0.717, 1.165) is 10.8 Å². The first-order chi connectivity index (χ1) is 12.0. The van der Waals surface area contributed by atoms with E-state index in [2.05, 4.69) is 10.3 Å². The van der Waals surface area contributed by atoms with Crippen molar-refractivity contribution in [2.45, 2.75) is 12.5 Å². The number of fused-ring (bicyclic) bond motifs is 1. The van der Waals surface area contributed by atoms with Gasteiger partial charge in [0, 0.05) is 18.2 Å². The van der Waals surface area contributed by atoms with Crippen LogP contribution in [0.25, 0.3) is 10.8 Å². The van der Waals surface area contributed by atoms with Crippen molar-refractivity contribution in [3.8, 4) is 0 Å². The zero-order valence-corrected chi connectivity index (χ0v) is 13.9. The molecule has 0 radical (unpaired) electrons. The molecule has 3 rings (SSSR count). The number of carbonyl (C=O) groups is 2. The molecule has 0 spiro atoms. The molecule has 0 bridgehead atoms. The Bertz CT molecular complexity index is 925. The van der Waals surface area contributed by atoms with Gasteiger partial charge in [-0.2, -0.15) is 0 Å². The van der Waals surface area contributed by atoms with E-state index < -0.39 is 17.9 Å². The van der Waals surface area contributed by atoms with Gasteiger partial charge in [-0.25, -0.2) is 9.78 Å². The molecule has 3 aromatic rings. The summed E-state index contributed by atoms with van der Waals surface area (Å²) in [5.74, 6) is -1.54. The van der Waals surface area contributed by atoms with Crippen molar-refractivity contribution < 1.29 is 14.7 Å². The van der Waals surface area contributed by atoms with E-state index >= 15 is 0 Å². The van der Waals surface area contributed by atoms with Crippen LogP contribution < -0.4 is 5.32 Å². The van der Waals surface area contributed by atoms with Gasteiger partial charge in [0.15, 0.2) is 0 Å².